The Bertz CT molecular complexity index is 1070. The van der Waals surface area contributed by atoms with Gasteiger partial charge in [-0.15, -0.1) is 0 Å². The predicted octanol–water partition coefficient (Wildman–Crippen LogP) is 5.09. The molecule has 2 aromatic carbocycles. The number of piperazine rings is 1. The van der Waals surface area contributed by atoms with Gasteiger partial charge in [0.1, 0.15) is 0 Å². The summed E-state index contributed by atoms with van der Waals surface area (Å²) in [4.78, 5) is 17.8. The highest BCUT2D eigenvalue weighted by Crippen LogP contribution is 2.34. The van der Waals surface area contributed by atoms with Crippen molar-refractivity contribution in [1.82, 2.24) is 20.0 Å². The Morgan fingerprint density at radius 1 is 1.00 bits per heavy atom. The van der Waals surface area contributed by atoms with Gasteiger partial charge in [0.05, 0.1) is 16.3 Å². The Hall–Kier alpha value is -2.34. The van der Waals surface area contributed by atoms with Crippen LogP contribution in [0, 0.1) is 0 Å². The van der Waals surface area contributed by atoms with Crippen LogP contribution in [-0.2, 0) is 0 Å². The van der Waals surface area contributed by atoms with Crippen molar-refractivity contribution in [3.8, 4) is 11.3 Å². The molecule has 2 fully saturated rings. The van der Waals surface area contributed by atoms with Gasteiger partial charge in [0.15, 0.2) is 0 Å². The standard InChI is InChI=1S/C24H24Cl2N4O/c25-18-7-4-16(5-8-18)17-6-9-19-15-30(13-12-29(19)14-17)24(31)21-3-1-2-20(23(21)26)22-10-11-27-28-22/h1-5,7-8,10-11,17,19H,6,9,12-15H2,(H,27,28)/t17-,19+/m0/s1. The van der Waals surface area contributed by atoms with Crippen LogP contribution >= 0.6 is 23.2 Å². The number of nitrogens with one attached hydrogen (secondary N) is 1. The van der Waals surface area contributed by atoms with Gasteiger partial charge in [-0.05, 0) is 48.6 Å². The Balaban J connectivity index is 1.28. The van der Waals surface area contributed by atoms with Crippen LogP contribution in [0.5, 0.6) is 0 Å². The second-order valence-electron chi connectivity index (χ2n) is 8.36. The van der Waals surface area contributed by atoms with E-state index in [-0.39, 0.29) is 5.91 Å². The highest BCUT2D eigenvalue weighted by molar-refractivity contribution is 6.36. The Morgan fingerprint density at radius 3 is 2.61 bits per heavy atom. The van der Waals surface area contributed by atoms with Gasteiger partial charge in [-0.2, -0.15) is 5.10 Å². The number of rotatable bonds is 3. The Kier molecular flexibility index (Phi) is 5.74. The van der Waals surface area contributed by atoms with Gasteiger partial charge in [0.2, 0.25) is 0 Å². The molecule has 2 atom stereocenters. The molecule has 2 aliphatic heterocycles. The molecule has 160 valence electrons. The van der Waals surface area contributed by atoms with E-state index < -0.39 is 0 Å². The molecule has 0 radical (unpaired) electrons. The summed E-state index contributed by atoms with van der Waals surface area (Å²) in [6.07, 6.45) is 3.89. The van der Waals surface area contributed by atoms with Crippen LogP contribution in [0.15, 0.2) is 54.7 Å². The van der Waals surface area contributed by atoms with E-state index in [1.165, 1.54) is 5.56 Å². The average molecular weight is 455 g/mol. The number of carbonyl (C=O) groups excluding carboxylic acids is 1. The topological polar surface area (TPSA) is 52.2 Å². The lowest BCUT2D eigenvalue weighted by Gasteiger charge is -2.46. The van der Waals surface area contributed by atoms with Gasteiger partial charge in [0, 0.05) is 49.0 Å². The molecule has 5 nitrogen and oxygen atoms in total. The first-order valence-corrected chi connectivity index (χ1v) is 11.4. The number of hydrogen-bond donors (Lipinski definition) is 1. The maximum Gasteiger partial charge on any atom is 0.255 e. The minimum atomic E-state index is 0.00541. The first-order chi connectivity index (χ1) is 15.1. The number of fused-ring (bicyclic) bond motifs is 1. The molecule has 0 unspecified atom stereocenters. The monoisotopic (exact) mass is 454 g/mol. The molecule has 0 spiro atoms. The van der Waals surface area contributed by atoms with Gasteiger partial charge in [0.25, 0.3) is 5.91 Å². The highest BCUT2D eigenvalue weighted by Gasteiger charge is 2.35. The lowest BCUT2D eigenvalue weighted by atomic mass is 9.86. The lowest BCUT2D eigenvalue weighted by molar-refractivity contribution is 0.0329. The van der Waals surface area contributed by atoms with Crippen LogP contribution in [0.3, 0.4) is 0 Å². The zero-order valence-electron chi connectivity index (χ0n) is 17.1. The maximum absolute atomic E-state index is 13.3. The zero-order chi connectivity index (χ0) is 21.4. The van der Waals surface area contributed by atoms with Crippen LogP contribution in [0.25, 0.3) is 11.3 Å². The molecular weight excluding hydrogens is 431 g/mol. The third-order valence-electron chi connectivity index (χ3n) is 6.56. The van der Waals surface area contributed by atoms with Crippen molar-refractivity contribution in [2.75, 3.05) is 26.2 Å². The molecule has 0 saturated carbocycles. The highest BCUT2D eigenvalue weighted by atomic mass is 35.5. The van der Waals surface area contributed by atoms with Gasteiger partial charge in [-0.25, -0.2) is 0 Å². The summed E-state index contributed by atoms with van der Waals surface area (Å²) in [7, 11) is 0. The van der Waals surface area contributed by atoms with E-state index >= 15 is 0 Å². The van der Waals surface area contributed by atoms with E-state index in [2.05, 4.69) is 27.2 Å². The van der Waals surface area contributed by atoms with E-state index in [0.717, 1.165) is 48.8 Å². The van der Waals surface area contributed by atoms with E-state index in [0.29, 0.717) is 29.1 Å². The fraction of sp³-hybridized carbons (Fsp3) is 0.333. The Morgan fingerprint density at radius 2 is 1.84 bits per heavy atom. The number of aromatic amines is 1. The smallest absolute Gasteiger partial charge is 0.255 e. The fourth-order valence-corrected chi connectivity index (χ4v) is 5.28. The van der Waals surface area contributed by atoms with Crippen LogP contribution in [-0.4, -0.2) is 58.1 Å². The molecule has 1 aromatic heterocycles. The number of halogens is 2. The second-order valence-corrected chi connectivity index (χ2v) is 9.18. The van der Waals surface area contributed by atoms with Crippen molar-refractivity contribution in [2.45, 2.75) is 24.8 Å². The quantitative estimate of drug-likeness (QED) is 0.599. The molecule has 2 aliphatic rings. The maximum atomic E-state index is 13.3. The summed E-state index contributed by atoms with van der Waals surface area (Å²) in [5, 5.41) is 8.17. The number of piperidine rings is 1. The number of benzene rings is 2. The largest absolute Gasteiger partial charge is 0.336 e. The number of amides is 1. The number of H-pyrrole nitrogens is 1. The van der Waals surface area contributed by atoms with Gasteiger partial charge < -0.3 is 4.90 Å². The van der Waals surface area contributed by atoms with Crippen molar-refractivity contribution >= 4 is 29.1 Å². The van der Waals surface area contributed by atoms with E-state index in [4.69, 9.17) is 23.2 Å². The van der Waals surface area contributed by atoms with Crippen molar-refractivity contribution < 1.29 is 4.79 Å². The van der Waals surface area contributed by atoms with Gasteiger partial charge >= 0.3 is 0 Å². The lowest BCUT2D eigenvalue weighted by Crippen LogP contribution is -2.57. The molecule has 2 saturated heterocycles. The molecule has 7 heteroatoms. The SMILES string of the molecule is O=C(c1cccc(-c2ccn[nH]2)c1Cl)N1CCN2C[C@@H](c3ccc(Cl)cc3)CC[C@@H]2C1. The third-order valence-corrected chi connectivity index (χ3v) is 7.22. The summed E-state index contributed by atoms with van der Waals surface area (Å²) in [5.41, 5.74) is 3.51. The predicted molar refractivity (Wildman–Crippen MR) is 124 cm³/mol. The Labute approximate surface area is 192 Å². The second kappa shape index (κ2) is 8.65. The summed E-state index contributed by atoms with van der Waals surface area (Å²) < 4.78 is 0. The molecule has 1 N–H and O–H groups in total. The van der Waals surface area contributed by atoms with Crippen molar-refractivity contribution in [1.29, 1.82) is 0 Å². The van der Waals surface area contributed by atoms with Crippen LogP contribution in [0.4, 0.5) is 0 Å². The van der Waals surface area contributed by atoms with Crippen molar-refractivity contribution in [2.24, 2.45) is 0 Å². The first-order valence-electron chi connectivity index (χ1n) is 10.7. The molecule has 5 rings (SSSR count). The third kappa shape index (κ3) is 4.10. The zero-order valence-corrected chi connectivity index (χ0v) is 18.6. The minimum Gasteiger partial charge on any atom is -0.336 e. The molecule has 3 aromatic rings. The molecule has 0 aliphatic carbocycles. The molecule has 31 heavy (non-hydrogen) atoms. The van der Waals surface area contributed by atoms with Crippen molar-refractivity contribution in [3.05, 3.63) is 75.9 Å². The molecule has 1 amide bonds. The van der Waals surface area contributed by atoms with Gasteiger partial charge in [-0.1, -0.05) is 47.5 Å². The fourth-order valence-electron chi connectivity index (χ4n) is 4.85. The van der Waals surface area contributed by atoms with E-state index in [9.17, 15) is 4.79 Å². The van der Waals surface area contributed by atoms with Crippen LogP contribution < -0.4 is 0 Å². The van der Waals surface area contributed by atoms with E-state index in [1.54, 1.807) is 6.20 Å². The molecular formula is C24H24Cl2N4O. The van der Waals surface area contributed by atoms with E-state index in [1.807, 2.05) is 41.3 Å². The summed E-state index contributed by atoms with van der Waals surface area (Å²) in [6, 6.07) is 16.1. The normalized spacial score (nSPS) is 21.7. The number of nitrogens with zero attached hydrogens (tertiary/aromatic N) is 3. The van der Waals surface area contributed by atoms with Crippen LogP contribution in [0.2, 0.25) is 10.0 Å². The van der Waals surface area contributed by atoms with Crippen LogP contribution in [0.1, 0.15) is 34.7 Å². The number of carbonyl (C=O) groups is 1. The summed E-state index contributed by atoms with van der Waals surface area (Å²) >= 11 is 12.7. The van der Waals surface area contributed by atoms with Crippen molar-refractivity contribution in [3.63, 3.8) is 0 Å². The molecule has 3 heterocycles. The minimum absolute atomic E-state index is 0.00541. The first kappa shape index (κ1) is 20.6. The number of hydrogen-bond acceptors (Lipinski definition) is 3. The van der Waals surface area contributed by atoms with Gasteiger partial charge in [-0.3, -0.25) is 14.8 Å². The summed E-state index contributed by atoms with van der Waals surface area (Å²) in [6.45, 7) is 3.38. The average Bonchev–Trinajstić information content (AvgIpc) is 3.33. The molecule has 0 bridgehead atoms. The summed E-state index contributed by atoms with van der Waals surface area (Å²) in [5.74, 6) is 0.530. The number of aromatic nitrogens is 2.